The van der Waals surface area contributed by atoms with E-state index in [2.05, 4.69) is 11.2 Å². The lowest BCUT2D eigenvalue weighted by Gasteiger charge is -2.37. The van der Waals surface area contributed by atoms with Gasteiger partial charge in [0, 0.05) is 12.4 Å². The highest BCUT2D eigenvalue weighted by Gasteiger charge is 2.36. The number of aliphatic hydroxyl groups is 1. The fourth-order valence-corrected chi connectivity index (χ4v) is 2.99. The van der Waals surface area contributed by atoms with Crippen LogP contribution in [0.2, 0.25) is 0 Å². The summed E-state index contributed by atoms with van der Waals surface area (Å²) in [5, 5.41) is 23.7. The van der Waals surface area contributed by atoms with Gasteiger partial charge < -0.3 is 9.76 Å². The lowest BCUT2D eigenvalue weighted by atomic mass is 9.84. The molecule has 1 aliphatic rings. The van der Waals surface area contributed by atoms with Gasteiger partial charge >= 0.3 is 7.48 Å². The molecule has 1 saturated carbocycles. The molecule has 0 radical (unpaired) electrons. The predicted octanol–water partition coefficient (Wildman–Crippen LogP) is 2.07. The van der Waals surface area contributed by atoms with Crippen molar-refractivity contribution in [1.29, 1.82) is 5.26 Å². The Morgan fingerprint density at radius 1 is 1.43 bits per heavy atom. The molecule has 126 valence electrons. The highest BCUT2D eigenvalue weighted by molar-refractivity contribution is 6.46. The number of hydrogen-bond acceptors (Lipinski definition) is 4. The Balaban J connectivity index is 2.03. The van der Waals surface area contributed by atoms with Crippen LogP contribution in [0.4, 0.5) is 0 Å². The molecular weight excluding hydrogens is 289 g/mol. The van der Waals surface area contributed by atoms with Gasteiger partial charge in [-0.15, -0.1) is 0 Å². The van der Waals surface area contributed by atoms with Gasteiger partial charge in [0.1, 0.15) is 0 Å². The van der Waals surface area contributed by atoms with Gasteiger partial charge in [-0.1, -0.05) is 12.8 Å². The molecule has 23 heavy (non-hydrogen) atoms. The fourth-order valence-electron chi connectivity index (χ4n) is 2.99. The first-order valence-corrected chi connectivity index (χ1v) is 8.51. The summed E-state index contributed by atoms with van der Waals surface area (Å²) < 4.78 is 7.83. The maximum atomic E-state index is 10.1. The first-order valence-electron chi connectivity index (χ1n) is 8.51. The largest absolute Gasteiger partial charge is 0.427 e. The molecule has 0 amide bonds. The van der Waals surface area contributed by atoms with Gasteiger partial charge in [0.2, 0.25) is 0 Å². The maximum absolute atomic E-state index is 10.1. The SMILES string of the molecule is CC(C)(O)C(C)(C)OBc1cnn(C(CC#N)C2CCCC2)c1. The quantitative estimate of drug-likeness (QED) is 0.782. The van der Waals surface area contributed by atoms with Gasteiger partial charge in [-0.2, -0.15) is 10.4 Å². The second kappa shape index (κ2) is 7.06. The summed E-state index contributed by atoms with van der Waals surface area (Å²) in [6.45, 7) is 7.27. The second-order valence-electron chi connectivity index (χ2n) is 7.66. The molecule has 1 unspecified atom stereocenters. The predicted molar refractivity (Wildman–Crippen MR) is 91.7 cm³/mol. The minimum absolute atomic E-state index is 0.165. The first kappa shape index (κ1) is 18.0. The van der Waals surface area contributed by atoms with E-state index in [1.54, 1.807) is 20.0 Å². The minimum Gasteiger partial charge on any atom is -0.427 e. The van der Waals surface area contributed by atoms with E-state index in [-0.39, 0.29) is 6.04 Å². The molecule has 0 bridgehead atoms. The molecule has 2 rings (SSSR count). The van der Waals surface area contributed by atoms with E-state index >= 15 is 0 Å². The van der Waals surface area contributed by atoms with Crippen LogP contribution >= 0.6 is 0 Å². The third-order valence-electron chi connectivity index (χ3n) is 5.31. The highest BCUT2D eigenvalue weighted by Crippen LogP contribution is 2.35. The zero-order chi connectivity index (χ0) is 17.1. The Labute approximate surface area is 139 Å². The summed E-state index contributed by atoms with van der Waals surface area (Å²) in [6, 6.07) is 2.47. The average Bonchev–Trinajstić information content (AvgIpc) is 3.13. The maximum Gasteiger partial charge on any atom is 0.312 e. The van der Waals surface area contributed by atoms with Crippen LogP contribution in [0.3, 0.4) is 0 Å². The fraction of sp³-hybridized carbons (Fsp3) is 0.765. The molecule has 1 aliphatic carbocycles. The lowest BCUT2D eigenvalue weighted by molar-refractivity contribution is -0.0893. The number of aromatic nitrogens is 2. The lowest BCUT2D eigenvalue weighted by Crippen LogP contribution is -2.49. The molecule has 0 saturated heterocycles. The van der Waals surface area contributed by atoms with Crippen molar-refractivity contribution >= 4 is 12.9 Å². The second-order valence-corrected chi connectivity index (χ2v) is 7.66. The molecule has 1 N–H and O–H groups in total. The zero-order valence-electron chi connectivity index (χ0n) is 14.7. The van der Waals surface area contributed by atoms with E-state index in [1.165, 1.54) is 25.7 Å². The summed E-state index contributed by atoms with van der Waals surface area (Å²) in [5.74, 6) is 0.552. The van der Waals surface area contributed by atoms with Crippen LogP contribution in [0.1, 0.15) is 65.8 Å². The molecule has 0 spiro atoms. The van der Waals surface area contributed by atoms with Crippen molar-refractivity contribution in [2.45, 2.75) is 77.0 Å². The van der Waals surface area contributed by atoms with E-state index in [0.717, 1.165) is 5.46 Å². The topological polar surface area (TPSA) is 71.1 Å². The third-order valence-corrected chi connectivity index (χ3v) is 5.31. The normalized spacial score (nSPS) is 17.9. The zero-order valence-corrected chi connectivity index (χ0v) is 14.7. The molecule has 1 aromatic heterocycles. The summed E-state index contributed by atoms with van der Waals surface area (Å²) >= 11 is 0. The standard InChI is InChI=1S/C17H28BN3O2/c1-16(2,22)17(3,4)23-18-14-11-20-21(12-14)15(9-10-19)13-7-5-6-8-13/h11-13,15,18,22H,5-9H2,1-4H3. The van der Waals surface area contributed by atoms with Crippen LogP contribution in [0.5, 0.6) is 0 Å². The number of hydrogen-bond donors (Lipinski definition) is 1. The Kier molecular flexibility index (Phi) is 5.54. The van der Waals surface area contributed by atoms with Crippen molar-refractivity contribution in [3.63, 3.8) is 0 Å². The van der Waals surface area contributed by atoms with Crippen molar-refractivity contribution < 1.29 is 9.76 Å². The smallest absolute Gasteiger partial charge is 0.312 e. The number of rotatable bonds is 7. The van der Waals surface area contributed by atoms with Gasteiger partial charge in [-0.25, -0.2) is 0 Å². The first-order chi connectivity index (χ1) is 10.7. The van der Waals surface area contributed by atoms with Gasteiger partial charge in [0.05, 0.1) is 29.7 Å². The Bertz CT molecular complexity index is 551. The molecule has 0 aliphatic heterocycles. The molecule has 1 aromatic rings. The van der Waals surface area contributed by atoms with Gasteiger partial charge in [-0.3, -0.25) is 4.68 Å². The average molecular weight is 317 g/mol. The molecule has 1 atom stereocenters. The number of nitrogens with zero attached hydrogens (tertiary/aromatic N) is 3. The summed E-state index contributed by atoms with van der Waals surface area (Å²) in [6.07, 6.45) is 9.17. The van der Waals surface area contributed by atoms with Crippen LogP contribution in [-0.4, -0.2) is 33.6 Å². The van der Waals surface area contributed by atoms with E-state index in [1.807, 2.05) is 24.7 Å². The third kappa shape index (κ3) is 4.36. The minimum atomic E-state index is -0.920. The van der Waals surface area contributed by atoms with Gasteiger partial charge in [0.15, 0.2) is 0 Å². The molecule has 1 fully saturated rings. The molecule has 1 heterocycles. The van der Waals surface area contributed by atoms with Crippen LogP contribution in [-0.2, 0) is 4.65 Å². The number of nitriles is 1. The van der Waals surface area contributed by atoms with Crippen LogP contribution in [0, 0.1) is 17.2 Å². The summed E-state index contributed by atoms with van der Waals surface area (Å²) in [7, 11) is 0.404. The Morgan fingerprint density at radius 3 is 2.65 bits per heavy atom. The van der Waals surface area contributed by atoms with Crippen molar-refractivity contribution in [2.75, 3.05) is 0 Å². The van der Waals surface area contributed by atoms with E-state index in [4.69, 9.17) is 9.92 Å². The Morgan fingerprint density at radius 2 is 2.09 bits per heavy atom. The van der Waals surface area contributed by atoms with E-state index < -0.39 is 11.2 Å². The molecule has 5 nitrogen and oxygen atoms in total. The van der Waals surface area contributed by atoms with Crippen molar-refractivity contribution in [1.82, 2.24) is 9.78 Å². The van der Waals surface area contributed by atoms with Crippen molar-refractivity contribution in [3.8, 4) is 6.07 Å². The van der Waals surface area contributed by atoms with Crippen LogP contribution in [0.25, 0.3) is 0 Å². The van der Waals surface area contributed by atoms with Gasteiger partial charge in [0.25, 0.3) is 0 Å². The van der Waals surface area contributed by atoms with Gasteiger partial charge in [-0.05, 0) is 51.9 Å². The van der Waals surface area contributed by atoms with Crippen LogP contribution in [0.15, 0.2) is 12.4 Å². The molecule has 0 aromatic carbocycles. The van der Waals surface area contributed by atoms with Crippen LogP contribution < -0.4 is 5.46 Å². The van der Waals surface area contributed by atoms with E-state index in [9.17, 15) is 5.11 Å². The molecular formula is C17H28BN3O2. The summed E-state index contributed by atoms with van der Waals surface area (Å²) in [5.41, 5.74) is -0.591. The summed E-state index contributed by atoms with van der Waals surface area (Å²) in [4.78, 5) is 0. The van der Waals surface area contributed by atoms with Crippen molar-refractivity contribution in [3.05, 3.63) is 12.4 Å². The molecule has 6 heteroatoms. The highest BCUT2D eigenvalue weighted by atomic mass is 16.5. The van der Waals surface area contributed by atoms with E-state index in [0.29, 0.717) is 19.8 Å². The monoisotopic (exact) mass is 317 g/mol. The van der Waals surface area contributed by atoms with Crippen molar-refractivity contribution in [2.24, 2.45) is 5.92 Å². The Hall–Kier alpha value is -1.32.